The molecule has 4 heteroatoms. The molecule has 0 aliphatic heterocycles. The van der Waals surface area contributed by atoms with Gasteiger partial charge in [0, 0.05) is 11.8 Å². The van der Waals surface area contributed by atoms with Gasteiger partial charge in [0.2, 0.25) is 0 Å². The quantitative estimate of drug-likeness (QED) is 0.760. The summed E-state index contributed by atoms with van der Waals surface area (Å²) in [6.07, 6.45) is 1.74. The first kappa shape index (κ1) is 12.8. The van der Waals surface area contributed by atoms with Gasteiger partial charge in [-0.2, -0.15) is 5.26 Å². The summed E-state index contributed by atoms with van der Waals surface area (Å²) >= 11 is 0. The zero-order valence-electron chi connectivity index (χ0n) is 11.2. The van der Waals surface area contributed by atoms with Crippen LogP contribution < -0.4 is 10.5 Å². The lowest BCUT2D eigenvalue weighted by molar-refractivity contribution is 0.483. The molecule has 3 aromatic rings. The van der Waals surface area contributed by atoms with E-state index in [1.165, 1.54) is 0 Å². The number of anilines is 1. The van der Waals surface area contributed by atoms with Gasteiger partial charge in [0.1, 0.15) is 28.9 Å². The van der Waals surface area contributed by atoms with Crippen molar-refractivity contribution in [1.29, 1.82) is 5.26 Å². The van der Waals surface area contributed by atoms with Crippen LogP contribution in [0.25, 0.3) is 11.1 Å². The molecule has 4 nitrogen and oxygen atoms in total. The minimum atomic E-state index is 0.386. The van der Waals surface area contributed by atoms with Crippen LogP contribution in [0.3, 0.4) is 0 Å². The third-order valence-electron chi connectivity index (χ3n) is 3.17. The van der Waals surface area contributed by atoms with Gasteiger partial charge in [-0.1, -0.05) is 30.3 Å². The number of nitrogens with one attached hydrogen (secondary N) is 1. The Labute approximate surface area is 122 Å². The number of ether oxygens (including phenoxy) is 1. The van der Waals surface area contributed by atoms with E-state index < -0.39 is 0 Å². The first-order valence-corrected chi connectivity index (χ1v) is 6.48. The minimum absolute atomic E-state index is 0.386. The van der Waals surface area contributed by atoms with Crippen LogP contribution in [0.2, 0.25) is 0 Å². The molecule has 0 aliphatic carbocycles. The van der Waals surface area contributed by atoms with Crippen LogP contribution in [0.15, 0.2) is 60.8 Å². The zero-order valence-corrected chi connectivity index (χ0v) is 11.2. The molecule has 1 heterocycles. The third-order valence-corrected chi connectivity index (χ3v) is 3.17. The van der Waals surface area contributed by atoms with Crippen molar-refractivity contribution in [1.82, 2.24) is 4.98 Å². The number of aromatic amines is 1. The van der Waals surface area contributed by atoms with Crippen molar-refractivity contribution >= 4 is 5.82 Å². The standard InChI is InChI=1S/C17H13N3O/c18-10-15-16(11-20-17(15)19)12-6-8-14(9-7-12)21-13-4-2-1-3-5-13/h1-9,11,20H,19H2. The smallest absolute Gasteiger partial charge is 0.127 e. The monoisotopic (exact) mass is 275 g/mol. The Kier molecular flexibility index (Phi) is 3.32. The summed E-state index contributed by atoms with van der Waals surface area (Å²) in [5, 5.41) is 9.12. The molecule has 0 spiro atoms. The highest BCUT2D eigenvalue weighted by Gasteiger charge is 2.10. The van der Waals surface area contributed by atoms with Crippen LogP contribution in [0.4, 0.5) is 5.82 Å². The van der Waals surface area contributed by atoms with Crippen LogP contribution in [-0.2, 0) is 0 Å². The number of nitrogens with zero attached hydrogens (tertiary/aromatic N) is 1. The van der Waals surface area contributed by atoms with Crippen LogP contribution in [0.1, 0.15) is 5.56 Å². The average Bonchev–Trinajstić information content (AvgIpc) is 2.90. The van der Waals surface area contributed by atoms with Gasteiger partial charge in [-0.25, -0.2) is 0 Å². The third kappa shape index (κ3) is 2.58. The average molecular weight is 275 g/mol. The fourth-order valence-electron chi connectivity index (χ4n) is 2.11. The van der Waals surface area contributed by atoms with Crippen LogP contribution >= 0.6 is 0 Å². The molecule has 2 aromatic carbocycles. The number of para-hydroxylation sites is 1. The maximum atomic E-state index is 9.12. The Balaban J connectivity index is 1.86. The maximum absolute atomic E-state index is 9.12. The number of rotatable bonds is 3. The fraction of sp³-hybridized carbons (Fsp3) is 0. The highest BCUT2D eigenvalue weighted by molar-refractivity contribution is 5.76. The molecule has 3 N–H and O–H groups in total. The van der Waals surface area contributed by atoms with Crippen molar-refractivity contribution in [3.05, 3.63) is 66.4 Å². The number of nitriles is 1. The summed E-state index contributed by atoms with van der Waals surface area (Å²) in [4.78, 5) is 2.87. The largest absolute Gasteiger partial charge is 0.457 e. The van der Waals surface area contributed by atoms with E-state index in [1.807, 2.05) is 54.6 Å². The Bertz CT molecular complexity index is 783. The molecule has 0 amide bonds. The first-order valence-electron chi connectivity index (χ1n) is 6.48. The molecule has 0 atom stereocenters. The number of H-pyrrole nitrogens is 1. The van der Waals surface area contributed by atoms with Crippen molar-refractivity contribution in [3.8, 4) is 28.7 Å². The molecule has 0 aliphatic rings. The number of benzene rings is 2. The van der Waals surface area contributed by atoms with Gasteiger partial charge < -0.3 is 15.5 Å². The van der Waals surface area contributed by atoms with Crippen LogP contribution in [-0.4, -0.2) is 4.98 Å². The Morgan fingerprint density at radius 1 is 0.952 bits per heavy atom. The van der Waals surface area contributed by atoms with Gasteiger partial charge in [-0.15, -0.1) is 0 Å². The molecule has 0 bridgehead atoms. The van der Waals surface area contributed by atoms with Crippen molar-refractivity contribution < 1.29 is 4.74 Å². The van der Waals surface area contributed by atoms with E-state index in [1.54, 1.807) is 6.20 Å². The summed E-state index contributed by atoms with van der Waals surface area (Å²) in [6.45, 7) is 0. The molecule has 0 saturated carbocycles. The lowest BCUT2D eigenvalue weighted by atomic mass is 10.0. The second-order valence-electron chi connectivity index (χ2n) is 4.54. The van der Waals surface area contributed by atoms with Gasteiger partial charge in [0.05, 0.1) is 0 Å². The molecule has 0 unspecified atom stereocenters. The number of nitrogen functional groups attached to an aromatic ring is 1. The Hall–Kier alpha value is -3.19. The van der Waals surface area contributed by atoms with E-state index in [0.717, 1.165) is 22.6 Å². The normalized spacial score (nSPS) is 10.0. The fourth-order valence-corrected chi connectivity index (χ4v) is 2.11. The number of hydrogen-bond acceptors (Lipinski definition) is 3. The summed E-state index contributed by atoms with van der Waals surface area (Å²) in [7, 11) is 0. The highest BCUT2D eigenvalue weighted by Crippen LogP contribution is 2.29. The predicted octanol–water partition coefficient (Wildman–Crippen LogP) is 3.93. The molecule has 3 rings (SSSR count). The second-order valence-corrected chi connectivity index (χ2v) is 4.54. The molecular weight excluding hydrogens is 262 g/mol. The van der Waals surface area contributed by atoms with Gasteiger partial charge in [-0.3, -0.25) is 0 Å². The van der Waals surface area contributed by atoms with E-state index in [2.05, 4.69) is 11.1 Å². The van der Waals surface area contributed by atoms with Gasteiger partial charge in [-0.05, 0) is 29.8 Å². The zero-order chi connectivity index (χ0) is 14.7. The van der Waals surface area contributed by atoms with E-state index >= 15 is 0 Å². The summed E-state index contributed by atoms with van der Waals surface area (Å²) in [5.41, 5.74) is 7.89. The Morgan fingerprint density at radius 3 is 2.29 bits per heavy atom. The summed E-state index contributed by atoms with van der Waals surface area (Å²) in [6, 6.07) is 19.2. The number of nitrogens with two attached hydrogens (primary N) is 1. The van der Waals surface area contributed by atoms with E-state index in [4.69, 9.17) is 15.7 Å². The molecule has 1 aromatic heterocycles. The molecule has 0 fully saturated rings. The highest BCUT2D eigenvalue weighted by atomic mass is 16.5. The van der Waals surface area contributed by atoms with Gasteiger partial charge in [0.15, 0.2) is 0 Å². The first-order chi connectivity index (χ1) is 10.3. The van der Waals surface area contributed by atoms with Crippen molar-refractivity contribution in [2.24, 2.45) is 0 Å². The van der Waals surface area contributed by atoms with Gasteiger partial charge >= 0.3 is 0 Å². The van der Waals surface area contributed by atoms with Crippen molar-refractivity contribution in [2.75, 3.05) is 5.73 Å². The summed E-state index contributed by atoms with van der Waals surface area (Å²) in [5.74, 6) is 1.91. The molecular formula is C17H13N3O. The van der Waals surface area contributed by atoms with E-state index in [9.17, 15) is 0 Å². The molecule has 0 radical (unpaired) electrons. The predicted molar refractivity (Wildman–Crippen MR) is 81.9 cm³/mol. The van der Waals surface area contributed by atoms with Crippen LogP contribution in [0, 0.1) is 11.3 Å². The lowest BCUT2D eigenvalue weighted by Gasteiger charge is -2.06. The molecule has 0 saturated heterocycles. The van der Waals surface area contributed by atoms with E-state index in [-0.39, 0.29) is 0 Å². The molecule has 21 heavy (non-hydrogen) atoms. The number of hydrogen-bond donors (Lipinski definition) is 2. The lowest BCUT2D eigenvalue weighted by Crippen LogP contribution is -1.88. The van der Waals surface area contributed by atoms with Gasteiger partial charge in [0.25, 0.3) is 0 Å². The van der Waals surface area contributed by atoms with E-state index in [0.29, 0.717) is 11.4 Å². The van der Waals surface area contributed by atoms with Crippen molar-refractivity contribution in [3.63, 3.8) is 0 Å². The van der Waals surface area contributed by atoms with Crippen LogP contribution in [0.5, 0.6) is 11.5 Å². The van der Waals surface area contributed by atoms with Crippen molar-refractivity contribution in [2.45, 2.75) is 0 Å². The SMILES string of the molecule is N#Cc1c(-c2ccc(Oc3ccccc3)cc2)c[nH]c1N. The second kappa shape index (κ2) is 5.43. The molecule has 102 valence electrons. The minimum Gasteiger partial charge on any atom is -0.457 e. The topological polar surface area (TPSA) is 74.8 Å². The Morgan fingerprint density at radius 2 is 1.62 bits per heavy atom. The summed E-state index contributed by atoms with van der Waals surface area (Å²) < 4.78 is 5.73. The number of aromatic nitrogens is 1. The maximum Gasteiger partial charge on any atom is 0.127 e.